The SMILES string of the molecule is Cc1ccc(NS(=O)(=O)c2ccsc2[N+](=O)[O-])cc1S(=O)(=O)N(C)C. The van der Waals surface area contributed by atoms with Crippen LogP contribution >= 0.6 is 11.3 Å². The second-order valence-corrected chi connectivity index (χ2v) is 9.89. The zero-order valence-electron chi connectivity index (χ0n) is 13.5. The van der Waals surface area contributed by atoms with Gasteiger partial charge in [-0.1, -0.05) is 17.4 Å². The van der Waals surface area contributed by atoms with Crippen molar-refractivity contribution in [3.63, 3.8) is 0 Å². The molecule has 0 bridgehead atoms. The van der Waals surface area contributed by atoms with Crippen molar-refractivity contribution < 1.29 is 21.8 Å². The van der Waals surface area contributed by atoms with Gasteiger partial charge in [0, 0.05) is 14.1 Å². The van der Waals surface area contributed by atoms with Gasteiger partial charge in [0.05, 0.1) is 15.5 Å². The number of nitrogens with one attached hydrogen (secondary N) is 1. The number of nitrogens with zero attached hydrogens (tertiary/aromatic N) is 2. The summed E-state index contributed by atoms with van der Waals surface area (Å²) in [4.78, 5) is 9.61. The highest BCUT2D eigenvalue weighted by Crippen LogP contribution is 2.31. The lowest BCUT2D eigenvalue weighted by Crippen LogP contribution is -2.23. The Balaban J connectivity index is 2.48. The second-order valence-electron chi connectivity index (χ2n) is 5.22. The van der Waals surface area contributed by atoms with Gasteiger partial charge in [-0.25, -0.2) is 21.1 Å². The van der Waals surface area contributed by atoms with Gasteiger partial charge in [-0.2, -0.15) is 0 Å². The lowest BCUT2D eigenvalue weighted by atomic mass is 10.2. The maximum atomic E-state index is 12.4. The quantitative estimate of drug-likeness (QED) is 0.579. The summed E-state index contributed by atoms with van der Waals surface area (Å²) in [6, 6.07) is 5.15. The van der Waals surface area contributed by atoms with Crippen molar-refractivity contribution in [1.29, 1.82) is 0 Å². The Morgan fingerprint density at radius 2 is 1.76 bits per heavy atom. The Hall–Kier alpha value is -2.02. The van der Waals surface area contributed by atoms with Crippen LogP contribution in [0.4, 0.5) is 10.7 Å². The van der Waals surface area contributed by atoms with Crippen molar-refractivity contribution in [1.82, 2.24) is 4.31 Å². The number of hydrogen-bond acceptors (Lipinski definition) is 7. The predicted octanol–water partition coefficient (Wildman–Crippen LogP) is 2.02. The number of hydrogen-bond donors (Lipinski definition) is 1. The third-order valence-corrected chi connectivity index (χ3v) is 7.63. The van der Waals surface area contributed by atoms with Gasteiger partial charge < -0.3 is 0 Å². The van der Waals surface area contributed by atoms with Crippen LogP contribution in [-0.4, -0.2) is 40.2 Å². The summed E-state index contributed by atoms with van der Waals surface area (Å²) in [5, 5.41) is 11.7. The first-order valence-electron chi connectivity index (χ1n) is 6.74. The number of benzene rings is 1. The third kappa shape index (κ3) is 3.81. The largest absolute Gasteiger partial charge is 0.344 e. The third-order valence-electron chi connectivity index (χ3n) is 3.26. The van der Waals surface area contributed by atoms with E-state index in [0.29, 0.717) is 16.9 Å². The predicted molar refractivity (Wildman–Crippen MR) is 93.8 cm³/mol. The average Bonchev–Trinajstić information content (AvgIpc) is 2.99. The van der Waals surface area contributed by atoms with E-state index < -0.39 is 34.9 Å². The maximum Gasteiger partial charge on any atom is 0.344 e. The van der Waals surface area contributed by atoms with Crippen LogP contribution in [0.25, 0.3) is 0 Å². The summed E-state index contributed by atoms with van der Waals surface area (Å²) < 4.78 is 52.6. The van der Waals surface area contributed by atoms with Crippen molar-refractivity contribution in [2.75, 3.05) is 18.8 Å². The standard InChI is InChI=1S/C13H15N3O6S3/c1-9-4-5-10(8-12(9)25(21,22)15(2)3)14-24(19,20)11-6-7-23-13(11)16(17)18/h4-8,14H,1-3H3. The molecule has 0 aliphatic carbocycles. The highest BCUT2D eigenvalue weighted by Gasteiger charge is 2.28. The van der Waals surface area contributed by atoms with Crippen LogP contribution in [0, 0.1) is 17.0 Å². The van der Waals surface area contributed by atoms with Gasteiger partial charge in [0.25, 0.3) is 10.0 Å². The molecule has 1 aromatic heterocycles. The first kappa shape index (κ1) is 19.3. The van der Waals surface area contributed by atoms with E-state index in [1.807, 2.05) is 0 Å². The van der Waals surface area contributed by atoms with Crippen LogP contribution in [0.5, 0.6) is 0 Å². The highest BCUT2D eigenvalue weighted by atomic mass is 32.2. The molecule has 0 radical (unpaired) electrons. The van der Waals surface area contributed by atoms with E-state index in [1.165, 1.54) is 37.7 Å². The van der Waals surface area contributed by atoms with Crippen molar-refractivity contribution >= 4 is 42.1 Å². The molecule has 0 atom stereocenters. The summed E-state index contributed by atoms with van der Waals surface area (Å²) >= 11 is 0.688. The lowest BCUT2D eigenvalue weighted by molar-refractivity contribution is -0.383. The van der Waals surface area contributed by atoms with E-state index in [2.05, 4.69) is 4.72 Å². The molecule has 1 heterocycles. The normalized spacial score (nSPS) is 12.3. The molecule has 0 aliphatic heterocycles. The number of sulfonamides is 2. The molecule has 0 unspecified atom stereocenters. The number of nitro groups is 1. The lowest BCUT2D eigenvalue weighted by Gasteiger charge is -2.15. The number of thiophene rings is 1. The topological polar surface area (TPSA) is 127 Å². The summed E-state index contributed by atoms with van der Waals surface area (Å²) in [7, 11) is -5.28. The molecule has 2 rings (SSSR count). The average molecular weight is 405 g/mol. The highest BCUT2D eigenvalue weighted by molar-refractivity contribution is 7.93. The molecule has 2 aromatic rings. The number of aryl methyl sites for hydroxylation is 1. The van der Waals surface area contributed by atoms with Crippen molar-refractivity contribution in [2.24, 2.45) is 0 Å². The molecule has 0 saturated heterocycles. The van der Waals surface area contributed by atoms with Crippen LogP contribution in [0.2, 0.25) is 0 Å². The van der Waals surface area contributed by atoms with Crippen LogP contribution in [0.1, 0.15) is 5.56 Å². The minimum absolute atomic E-state index is 0.00785. The van der Waals surface area contributed by atoms with E-state index in [0.717, 1.165) is 10.4 Å². The minimum atomic E-state index is -4.23. The Labute approximate surface area is 149 Å². The molecule has 0 saturated carbocycles. The molecule has 0 spiro atoms. The van der Waals surface area contributed by atoms with Crippen LogP contribution in [0.3, 0.4) is 0 Å². The molecule has 1 aromatic carbocycles. The van der Waals surface area contributed by atoms with Gasteiger partial charge in [0.2, 0.25) is 10.0 Å². The van der Waals surface area contributed by atoms with E-state index >= 15 is 0 Å². The molecule has 12 heteroatoms. The summed E-state index contributed by atoms with van der Waals surface area (Å²) in [6.07, 6.45) is 0. The fraction of sp³-hybridized carbons (Fsp3) is 0.231. The van der Waals surface area contributed by atoms with Gasteiger partial charge in [-0.3, -0.25) is 14.8 Å². The molecule has 9 nitrogen and oxygen atoms in total. The summed E-state index contributed by atoms with van der Waals surface area (Å²) in [5.41, 5.74) is 0.435. The zero-order valence-corrected chi connectivity index (χ0v) is 15.9. The van der Waals surface area contributed by atoms with Crippen LogP contribution in [0.15, 0.2) is 39.4 Å². The first-order valence-corrected chi connectivity index (χ1v) is 10.5. The Kier molecular flexibility index (Phi) is 5.18. The summed E-state index contributed by atoms with van der Waals surface area (Å²) in [6.45, 7) is 1.58. The van der Waals surface area contributed by atoms with Gasteiger partial charge in [-0.05, 0) is 36.1 Å². The monoisotopic (exact) mass is 405 g/mol. The van der Waals surface area contributed by atoms with Crippen LogP contribution in [-0.2, 0) is 20.0 Å². The molecule has 25 heavy (non-hydrogen) atoms. The zero-order chi connectivity index (χ0) is 19.0. The molecular weight excluding hydrogens is 390 g/mol. The fourth-order valence-corrected chi connectivity index (χ4v) is 5.38. The maximum absolute atomic E-state index is 12.4. The van der Waals surface area contributed by atoms with Crippen molar-refractivity contribution in [3.05, 3.63) is 45.3 Å². The van der Waals surface area contributed by atoms with Gasteiger partial charge in [0.1, 0.15) is 0 Å². The van der Waals surface area contributed by atoms with E-state index in [4.69, 9.17) is 0 Å². The van der Waals surface area contributed by atoms with E-state index in [1.54, 1.807) is 6.92 Å². The van der Waals surface area contributed by atoms with Crippen molar-refractivity contribution in [2.45, 2.75) is 16.7 Å². The van der Waals surface area contributed by atoms with Gasteiger partial charge in [0.15, 0.2) is 4.90 Å². The molecule has 136 valence electrons. The first-order chi connectivity index (χ1) is 11.5. The van der Waals surface area contributed by atoms with Gasteiger partial charge in [-0.15, -0.1) is 0 Å². The summed E-state index contributed by atoms with van der Waals surface area (Å²) in [5.74, 6) is 0. The molecule has 0 amide bonds. The van der Waals surface area contributed by atoms with E-state index in [-0.39, 0.29) is 10.6 Å². The van der Waals surface area contributed by atoms with Gasteiger partial charge >= 0.3 is 5.00 Å². The Bertz CT molecular complexity index is 1030. The smallest absolute Gasteiger partial charge is 0.279 e. The van der Waals surface area contributed by atoms with Crippen molar-refractivity contribution in [3.8, 4) is 0 Å². The number of anilines is 1. The fourth-order valence-electron chi connectivity index (χ4n) is 1.98. The molecule has 1 N–H and O–H groups in total. The molecular formula is C13H15N3O6S3. The molecule has 0 fully saturated rings. The Morgan fingerprint density at radius 1 is 1.12 bits per heavy atom. The number of rotatable bonds is 6. The van der Waals surface area contributed by atoms with E-state index in [9.17, 15) is 26.9 Å². The second kappa shape index (κ2) is 6.71. The minimum Gasteiger partial charge on any atom is -0.279 e. The Morgan fingerprint density at radius 3 is 2.32 bits per heavy atom. The van der Waals surface area contributed by atoms with Crippen LogP contribution < -0.4 is 4.72 Å². The molecule has 0 aliphatic rings.